The fourth-order valence-corrected chi connectivity index (χ4v) is 8.00. The Hall–Kier alpha value is -8.10. The molecule has 2 saturated heterocycles. The Morgan fingerprint density at radius 3 is 1.59 bits per heavy atom. The zero-order valence-electron chi connectivity index (χ0n) is 39.3. The highest BCUT2D eigenvalue weighted by atomic mass is 19.4. The van der Waals surface area contributed by atoms with Gasteiger partial charge in [-0.25, -0.2) is 37.9 Å². The zero-order valence-corrected chi connectivity index (χ0v) is 39.3. The topological polar surface area (TPSA) is 272 Å². The van der Waals surface area contributed by atoms with Crippen LogP contribution in [0.25, 0.3) is 33.6 Å². The molecule has 5 atom stereocenters. The predicted molar refractivity (Wildman–Crippen MR) is 242 cm³/mol. The maximum absolute atomic E-state index is 15.8. The Morgan fingerprint density at radius 2 is 1.20 bits per heavy atom. The first-order valence-corrected chi connectivity index (χ1v) is 22.2. The van der Waals surface area contributed by atoms with Crippen LogP contribution < -0.4 is 11.1 Å². The number of alkyl carbamates (subject to hydrolysis) is 1. The number of rotatable bonds is 13. The number of imidazole rings is 2. The van der Waals surface area contributed by atoms with Crippen molar-refractivity contribution in [3.8, 4) is 33.6 Å². The number of aromatic nitrogens is 4. The van der Waals surface area contributed by atoms with Gasteiger partial charge < -0.3 is 55.2 Å². The molecule has 2 aliphatic rings. The van der Waals surface area contributed by atoms with Crippen LogP contribution in [0.4, 0.5) is 44.7 Å². The van der Waals surface area contributed by atoms with E-state index in [4.69, 9.17) is 39.7 Å². The second-order valence-corrected chi connectivity index (χ2v) is 16.2. The third kappa shape index (κ3) is 14.3. The fraction of sp³-hybridized carbons (Fsp3) is 0.362. The number of carboxylic acids is 2. The van der Waals surface area contributed by atoms with Crippen molar-refractivity contribution in [1.82, 2.24) is 35.1 Å². The molecular weight excluding hydrogens is 1000 g/mol. The predicted octanol–water partition coefficient (Wildman–Crippen LogP) is 7.99. The van der Waals surface area contributed by atoms with E-state index in [9.17, 15) is 45.5 Å². The van der Waals surface area contributed by atoms with Gasteiger partial charge in [-0.15, -0.1) is 0 Å². The van der Waals surface area contributed by atoms with Crippen molar-refractivity contribution in [2.24, 2.45) is 5.73 Å². The van der Waals surface area contributed by atoms with Crippen LogP contribution in [0.15, 0.2) is 79.1 Å². The van der Waals surface area contributed by atoms with Crippen molar-refractivity contribution < 1.29 is 88.3 Å². The van der Waals surface area contributed by atoms with Gasteiger partial charge in [0.05, 0.1) is 43.0 Å². The van der Waals surface area contributed by atoms with Gasteiger partial charge in [0.2, 0.25) is 6.10 Å². The third-order valence-electron chi connectivity index (χ3n) is 11.4. The summed E-state index contributed by atoms with van der Waals surface area (Å²) < 4.78 is 111. The van der Waals surface area contributed by atoms with Crippen molar-refractivity contribution in [2.45, 2.75) is 82.2 Å². The number of carbonyl (C=O) groups is 6. The minimum atomic E-state index is -5.08. The summed E-state index contributed by atoms with van der Waals surface area (Å²) in [7, 11) is 1.23. The Labute approximate surface area is 415 Å². The van der Waals surface area contributed by atoms with E-state index in [0.717, 1.165) is 0 Å². The average molecular weight is 1050 g/mol. The maximum Gasteiger partial charge on any atom is 0.490 e. The molecule has 398 valence electrons. The van der Waals surface area contributed by atoms with E-state index < -0.39 is 84.4 Å². The van der Waals surface area contributed by atoms with Crippen LogP contribution in [0.5, 0.6) is 0 Å². The Morgan fingerprint density at radius 1 is 0.757 bits per heavy atom. The number of nitrogens with zero attached hydrogens (tertiary/aromatic N) is 4. The van der Waals surface area contributed by atoms with Crippen LogP contribution >= 0.6 is 0 Å². The maximum atomic E-state index is 15.8. The molecule has 2 aliphatic heterocycles. The first-order valence-electron chi connectivity index (χ1n) is 22.2. The van der Waals surface area contributed by atoms with Crippen LogP contribution in [0.1, 0.15) is 74.9 Å². The van der Waals surface area contributed by atoms with E-state index >= 15 is 8.78 Å². The van der Waals surface area contributed by atoms with Gasteiger partial charge in [-0.05, 0) is 80.5 Å². The molecule has 0 radical (unpaired) electrons. The van der Waals surface area contributed by atoms with Crippen LogP contribution in [0.2, 0.25) is 0 Å². The molecule has 4 heterocycles. The number of hydrogen-bond acceptors (Lipinski definition) is 11. The molecule has 3 aromatic carbocycles. The first-order chi connectivity index (χ1) is 34.9. The highest BCUT2D eigenvalue weighted by molar-refractivity contribution is 5.87. The lowest BCUT2D eigenvalue weighted by atomic mass is 10.00. The van der Waals surface area contributed by atoms with Gasteiger partial charge in [0, 0.05) is 30.8 Å². The van der Waals surface area contributed by atoms with Crippen LogP contribution in [-0.2, 0) is 33.4 Å². The van der Waals surface area contributed by atoms with Gasteiger partial charge in [-0.3, -0.25) is 9.59 Å². The molecule has 7 N–H and O–H groups in total. The van der Waals surface area contributed by atoms with Gasteiger partial charge in [0.15, 0.2) is 0 Å². The molecule has 19 nitrogen and oxygen atoms in total. The Kier molecular flexibility index (Phi) is 18.8. The second-order valence-electron chi connectivity index (χ2n) is 16.2. The lowest BCUT2D eigenvalue weighted by Crippen LogP contribution is -2.47. The van der Waals surface area contributed by atoms with Gasteiger partial charge in [0.25, 0.3) is 11.8 Å². The number of nitrogens with two attached hydrogens (primary N) is 1. The average Bonchev–Trinajstić information content (AvgIpc) is 4.20. The third-order valence-corrected chi connectivity index (χ3v) is 11.4. The first kappa shape index (κ1) is 56.8. The largest absolute Gasteiger partial charge is 0.490 e. The fourth-order valence-electron chi connectivity index (χ4n) is 8.00. The highest BCUT2D eigenvalue weighted by Crippen LogP contribution is 2.37. The summed E-state index contributed by atoms with van der Waals surface area (Å²) in [5.74, 6) is -6.51. The standard InChI is InChI=1S/C43H46F2N8O7.2C2HF3O2/c1-4-59-24(2)37(60-42(46)56)41(55)53-19-9-13-35(53)39-48-23-33(50-39)29-17-15-27(21-31(29)45)26-14-16-28(30(44)20-26)32-22-47-38(49-32)34-12-8-18-52(34)40(54)36(51-43(57)58-3)25-10-6-5-7-11-25;2*3-2(4,5)1(6)7/h5-7,10-11,14-17,20-24,34-37H,4,8-9,12-13,18-19H2,1-3H3,(H2,46,56)(H,47,49)(H,48,50)(H,51,57);2*(H,6,7)/t24-,34+,35+,36-,37+;;/m1../s1. The number of hydrogen-bond donors (Lipinski definition) is 6. The number of amides is 4. The number of nitrogens with one attached hydrogen (secondary N) is 3. The molecule has 0 saturated carbocycles. The molecular formula is C47H48F8N8O11. The summed E-state index contributed by atoms with van der Waals surface area (Å²) >= 11 is 0. The number of carbonyl (C=O) groups excluding carboxylic acids is 4. The number of benzene rings is 3. The normalized spacial score (nSPS) is 16.6. The molecule has 2 aromatic heterocycles. The molecule has 0 bridgehead atoms. The number of aliphatic carboxylic acids is 2. The Bertz CT molecular complexity index is 2770. The number of ether oxygens (including phenoxy) is 3. The van der Waals surface area contributed by atoms with Gasteiger partial charge in [0.1, 0.15) is 35.4 Å². The lowest BCUT2D eigenvalue weighted by Gasteiger charge is -2.30. The second kappa shape index (κ2) is 24.5. The van der Waals surface area contributed by atoms with E-state index in [1.54, 1.807) is 72.2 Å². The molecule has 0 spiro atoms. The van der Waals surface area contributed by atoms with E-state index in [0.29, 0.717) is 85.1 Å². The molecule has 7 rings (SSSR count). The summed E-state index contributed by atoms with van der Waals surface area (Å²) in [4.78, 5) is 87.6. The molecule has 2 fully saturated rings. The molecule has 4 amide bonds. The van der Waals surface area contributed by atoms with Crippen LogP contribution in [0.3, 0.4) is 0 Å². The number of halogens is 8. The molecule has 0 unspecified atom stereocenters. The Balaban J connectivity index is 0.000000636. The van der Waals surface area contributed by atoms with E-state index in [-0.39, 0.29) is 17.0 Å². The number of likely N-dealkylation sites (tertiary alicyclic amines) is 2. The number of aromatic amines is 2. The number of methoxy groups -OCH3 is 1. The number of carboxylic acid groups (broad SMARTS) is 2. The molecule has 27 heteroatoms. The number of H-pyrrole nitrogens is 2. The molecule has 74 heavy (non-hydrogen) atoms. The van der Waals surface area contributed by atoms with Crippen molar-refractivity contribution in [3.63, 3.8) is 0 Å². The van der Waals surface area contributed by atoms with Gasteiger partial charge in [-0.2, -0.15) is 26.3 Å². The van der Waals surface area contributed by atoms with Crippen LogP contribution in [0, 0.1) is 11.6 Å². The van der Waals surface area contributed by atoms with E-state index in [1.807, 2.05) is 6.07 Å². The quantitative estimate of drug-likeness (QED) is 0.0611. The summed E-state index contributed by atoms with van der Waals surface area (Å²) in [6, 6.07) is 16.2. The van der Waals surface area contributed by atoms with Crippen molar-refractivity contribution in [3.05, 3.63) is 108 Å². The van der Waals surface area contributed by atoms with E-state index in [2.05, 4.69) is 25.3 Å². The monoisotopic (exact) mass is 1050 g/mol. The van der Waals surface area contributed by atoms with Crippen molar-refractivity contribution >= 4 is 35.9 Å². The summed E-state index contributed by atoms with van der Waals surface area (Å²) in [6.07, 6.45) is -8.39. The van der Waals surface area contributed by atoms with Crippen molar-refractivity contribution in [2.75, 3.05) is 26.8 Å². The van der Waals surface area contributed by atoms with Crippen molar-refractivity contribution in [1.29, 1.82) is 0 Å². The molecule has 0 aliphatic carbocycles. The van der Waals surface area contributed by atoms with Gasteiger partial charge in [-0.1, -0.05) is 42.5 Å². The van der Waals surface area contributed by atoms with Gasteiger partial charge >= 0.3 is 36.5 Å². The van der Waals surface area contributed by atoms with Crippen LogP contribution in [-0.4, -0.2) is 127 Å². The number of primary amides is 1. The number of alkyl halides is 6. The minimum Gasteiger partial charge on any atom is -0.475 e. The minimum absolute atomic E-state index is 0.228. The van der Waals surface area contributed by atoms with E-state index in [1.165, 1.54) is 31.6 Å². The lowest BCUT2D eigenvalue weighted by molar-refractivity contribution is -0.193. The molecule has 5 aromatic rings. The smallest absolute Gasteiger partial charge is 0.475 e. The highest BCUT2D eigenvalue weighted by Gasteiger charge is 2.41. The SMILES string of the molecule is CCO[C@H](C)[C@H](OC(N)=O)C(=O)N1CCC[C@H]1c1ncc(-c2ccc(-c3ccc(-c4cnc([C@@H]5CCCN5C(=O)[C@H](NC(=O)OC)c5ccccc5)[nH]4)c(F)c3)cc2F)[nH]1.O=C(O)C(F)(F)F.O=C(O)C(F)(F)F. The summed E-state index contributed by atoms with van der Waals surface area (Å²) in [6.45, 7) is 4.53. The summed E-state index contributed by atoms with van der Waals surface area (Å²) in [5.41, 5.74) is 8.00. The zero-order chi connectivity index (χ0) is 54.7. The summed E-state index contributed by atoms with van der Waals surface area (Å²) in [5, 5.41) is 16.9.